The first-order valence-corrected chi connectivity index (χ1v) is 30.4. The molecule has 5 N–H and O–H groups in total. The zero-order valence-corrected chi connectivity index (χ0v) is 50.5. The highest BCUT2D eigenvalue weighted by atomic mass is 16.6. The van der Waals surface area contributed by atoms with Crippen molar-refractivity contribution in [1.82, 2.24) is 36.1 Å². The average molecular weight is 1210 g/mol. The molecule has 4 atom stereocenters. The first kappa shape index (κ1) is 65.8. The molecule has 0 fully saturated rings. The average Bonchev–Trinajstić information content (AvgIpc) is 1.49. The second-order valence-corrected chi connectivity index (χ2v) is 23.0. The zero-order valence-electron chi connectivity index (χ0n) is 50.5. The van der Waals surface area contributed by atoms with Gasteiger partial charge in [0.05, 0.1) is 54.3 Å². The maximum atomic E-state index is 13.8. The molecule has 0 saturated heterocycles. The van der Waals surface area contributed by atoms with Crippen molar-refractivity contribution in [3.05, 3.63) is 105 Å². The number of fused-ring (bicyclic) bond motifs is 4. The third kappa shape index (κ3) is 16.3. The van der Waals surface area contributed by atoms with Gasteiger partial charge in [0.2, 0.25) is 23.6 Å². The number of imide groups is 1. The lowest BCUT2D eigenvalue weighted by Gasteiger charge is -2.36. The van der Waals surface area contributed by atoms with Crippen molar-refractivity contribution in [2.45, 2.75) is 154 Å². The van der Waals surface area contributed by atoms with E-state index < -0.39 is 53.0 Å². The Balaban J connectivity index is 0.819. The van der Waals surface area contributed by atoms with Gasteiger partial charge in [-0.1, -0.05) is 43.7 Å². The van der Waals surface area contributed by atoms with Crippen molar-refractivity contribution < 1.29 is 76.8 Å². The molecule has 6 amide bonds. The molecule has 0 saturated carbocycles. The first-order valence-electron chi connectivity index (χ1n) is 30.4. The number of rotatable bonds is 35. The Morgan fingerprint density at radius 2 is 1.50 bits per heavy atom. The number of esters is 2. The molecule has 23 heteroatoms. The number of amides is 6. The molecule has 23 nitrogen and oxygen atoms in total. The minimum Gasteiger partial charge on any atom is -0.387 e. The van der Waals surface area contributed by atoms with Crippen LogP contribution in [0.25, 0.3) is 16.6 Å². The molecule has 470 valence electrons. The summed E-state index contributed by atoms with van der Waals surface area (Å²) in [7, 11) is 1.52. The summed E-state index contributed by atoms with van der Waals surface area (Å²) in [6.45, 7) is 6.65. The molecule has 1 aliphatic carbocycles. The highest BCUT2D eigenvalue weighted by Gasteiger charge is 2.50. The first-order chi connectivity index (χ1) is 42.3. The number of carbonyl (C=O) groups excluding carboxylic acids is 11. The van der Waals surface area contributed by atoms with Crippen LogP contribution in [-0.2, 0) is 91.1 Å². The van der Waals surface area contributed by atoms with Gasteiger partial charge in [0.25, 0.3) is 11.8 Å². The Kier molecular flexibility index (Phi) is 23.0. The van der Waals surface area contributed by atoms with Crippen LogP contribution in [0.4, 0.5) is 0 Å². The molecule has 3 aromatic rings. The molecular formula is C65H79N7O16. The van der Waals surface area contributed by atoms with Crippen LogP contribution >= 0.6 is 0 Å². The lowest BCUT2D eigenvalue weighted by atomic mass is 9.76. The highest BCUT2D eigenvalue weighted by molar-refractivity contribution is 6.13. The minimum absolute atomic E-state index is 0.00456. The van der Waals surface area contributed by atoms with Crippen LogP contribution < -0.4 is 21.3 Å². The van der Waals surface area contributed by atoms with Crippen LogP contribution in [0.5, 0.6) is 0 Å². The molecule has 8 rings (SSSR count). The fourth-order valence-electron chi connectivity index (χ4n) is 12.0. The van der Waals surface area contributed by atoms with Crippen molar-refractivity contribution in [1.29, 1.82) is 0 Å². The lowest BCUT2D eigenvalue weighted by Crippen LogP contribution is -2.49. The lowest BCUT2D eigenvalue weighted by molar-refractivity contribution is -0.172. The van der Waals surface area contributed by atoms with E-state index in [4.69, 9.17) is 23.9 Å². The number of cyclic esters (lactones) is 2. The van der Waals surface area contributed by atoms with Crippen LogP contribution in [0, 0.1) is 13.8 Å². The van der Waals surface area contributed by atoms with Crippen LogP contribution in [-0.4, -0.2) is 162 Å². The van der Waals surface area contributed by atoms with Gasteiger partial charge in [-0.25, -0.2) is 14.6 Å². The predicted octanol–water partition coefficient (Wildman–Crippen LogP) is 3.97. The van der Waals surface area contributed by atoms with Crippen molar-refractivity contribution in [3.63, 3.8) is 0 Å². The number of ether oxygens (including phenoxy) is 4. The van der Waals surface area contributed by atoms with Gasteiger partial charge in [-0.2, -0.15) is 0 Å². The molecule has 1 aromatic heterocycles. The molecule has 0 unspecified atom stereocenters. The second-order valence-electron chi connectivity index (χ2n) is 23.0. The van der Waals surface area contributed by atoms with Gasteiger partial charge in [-0.05, 0) is 118 Å². The van der Waals surface area contributed by atoms with Crippen molar-refractivity contribution in [3.8, 4) is 0 Å². The molecule has 0 bridgehead atoms. The number of benzene rings is 2. The van der Waals surface area contributed by atoms with E-state index in [1.165, 1.54) is 24.8 Å². The number of nitrogens with zero attached hydrogens (tertiary/aromatic N) is 3. The van der Waals surface area contributed by atoms with Crippen LogP contribution in [0.3, 0.4) is 0 Å². The Labute approximate surface area is 510 Å². The molecule has 0 radical (unpaired) electrons. The topological polar surface area (TPSA) is 312 Å². The number of methoxy groups -OCH3 is 1. The number of hydrogen-bond donors (Lipinski definition) is 5. The number of nitrogens with one attached hydrogen (secondary N) is 4. The summed E-state index contributed by atoms with van der Waals surface area (Å²) in [5.74, 6) is -5.61. The van der Waals surface area contributed by atoms with E-state index in [2.05, 4.69) is 28.2 Å². The molecular weight excluding hydrogens is 1130 g/mol. The summed E-state index contributed by atoms with van der Waals surface area (Å²) in [6.07, 6.45) is 7.41. The summed E-state index contributed by atoms with van der Waals surface area (Å²) in [5, 5.41) is 23.4. The van der Waals surface area contributed by atoms with Crippen molar-refractivity contribution in [2.24, 2.45) is 0 Å². The number of aliphatic hydroxyl groups is 1. The van der Waals surface area contributed by atoms with E-state index in [9.17, 15) is 57.8 Å². The third-order valence-electron chi connectivity index (χ3n) is 17.0. The van der Waals surface area contributed by atoms with E-state index in [-0.39, 0.29) is 144 Å². The summed E-state index contributed by atoms with van der Waals surface area (Å²) in [6, 6.07) is 9.03. The smallest absolute Gasteiger partial charge is 0.350 e. The third-order valence-corrected chi connectivity index (χ3v) is 17.0. The largest absolute Gasteiger partial charge is 0.387 e. The number of unbranched alkanes of at least 4 members (excludes halogenated alkanes) is 3. The second kappa shape index (κ2) is 30.7. The van der Waals surface area contributed by atoms with E-state index in [0.29, 0.717) is 69.6 Å². The van der Waals surface area contributed by atoms with Crippen LogP contribution in [0.15, 0.2) is 65.8 Å². The fraction of sp³-hybridized carbons (Fsp3) is 0.508. The van der Waals surface area contributed by atoms with Gasteiger partial charge in [-0.15, -0.1) is 0 Å². The number of pyridine rings is 1. The van der Waals surface area contributed by atoms with E-state index in [1.807, 2.05) is 24.0 Å². The van der Waals surface area contributed by atoms with Crippen molar-refractivity contribution >= 4 is 81.3 Å². The number of carbonyl (C=O) groups is 11. The SMILES string of the molecule is CC[C@@]1(O)C(=O)OC(=O)C2=C1C=C1c3nc4cc(C)c(C)c5c4c(c3CN1C2)[C@@H](CC(=O)COCNC(=O)CCC(=O)[C@H](Cc1ccccc1)NC(=O)CCC(=O)[C@H](CCCCNC(=O)COCCOC)NC(=O)CCCCCN1C(=O)C=CC1=O)CC5. The summed E-state index contributed by atoms with van der Waals surface area (Å²) in [5.41, 5.74) is 6.58. The van der Waals surface area contributed by atoms with Gasteiger partial charge in [0, 0.05) is 93.9 Å². The van der Waals surface area contributed by atoms with Gasteiger partial charge >= 0.3 is 11.9 Å². The number of aryl methyl sites for hydroxylation is 2. The molecule has 4 aliphatic heterocycles. The number of Topliss-reactive ketones (excluding diaryl/α,β-unsaturated/α-hetero) is 3. The molecule has 5 aliphatic rings. The standard InChI is InChI=1S/C65H79N7O16/c1-5-65(84)47-33-51-62-46(35-71(51)34-45(47)63(82)88-64(65)83)60-42(18-19-44-40(3)39(2)30-50(70-62)61(44)60)32-43(73)36-87-38-67-54(76)22-20-53(75)49(31-41-14-8-6-9-15-41)69-56(78)23-21-52(74)48(16-11-12-26-66-57(79)37-86-29-28-85-4)68-55(77)17-10-7-13-27-72-58(80)24-25-59(72)81/h6,8-9,14-15,24-25,30,33,42,48-49,84H,5,7,10-13,16-23,26-29,31-32,34-38H2,1-4H3,(H,66,79)(H,67,76)(H,68,77)(H,69,78)/t42-,48+,49+,65+/m1/s1. The maximum Gasteiger partial charge on any atom is 0.350 e. The predicted molar refractivity (Wildman–Crippen MR) is 319 cm³/mol. The monoisotopic (exact) mass is 1210 g/mol. The fourth-order valence-corrected chi connectivity index (χ4v) is 12.0. The maximum absolute atomic E-state index is 13.8. The molecule has 0 spiro atoms. The quantitative estimate of drug-likeness (QED) is 0.0183. The Bertz CT molecular complexity index is 3300. The van der Waals surface area contributed by atoms with Gasteiger partial charge < -0.3 is 50.2 Å². The normalized spacial score (nSPS) is 18.1. The van der Waals surface area contributed by atoms with Crippen LogP contribution in [0.1, 0.15) is 142 Å². The van der Waals surface area contributed by atoms with Gasteiger partial charge in [0.15, 0.2) is 23.0 Å². The Morgan fingerprint density at radius 1 is 0.784 bits per heavy atom. The summed E-state index contributed by atoms with van der Waals surface area (Å²) in [4.78, 5) is 151. The van der Waals surface area contributed by atoms with E-state index >= 15 is 0 Å². The van der Waals surface area contributed by atoms with Gasteiger partial charge in [-0.3, -0.25) is 48.1 Å². The number of ketones is 3. The summed E-state index contributed by atoms with van der Waals surface area (Å²) >= 11 is 0. The molecule has 88 heavy (non-hydrogen) atoms. The molecule has 5 heterocycles. The van der Waals surface area contributed by atoms with Gasteiger partial charge in [0.1, 0.15) is 19.9 Å². The number of aromatic nitrogens is 1. The van der Waals surface area contributed by atoms with E-state index in [0.717, 1.165) is 50.0 Å². The van der Waals surface area contributed by atoms with Crippen molar-refractivity contribution in [2.75, 3.05) is 59.9 Å². The zero-order chi connectivity index (χ0) is 63.1. The van der Waals surface area contributed by atoms with Crippen LogP contribution in [0.2, 0.25) is 0 Å². The highest BCUT2D eigenvalue weighted by Crippen LogP contribution is 2.49. The van der Waals surface area contributed by atoms with E-state index in [1.54, 1.807) is 37.3 Å². The minimum atomic E-state index is -1.99. The summed E-state index contributed by atoms with van der Waals surface area (Å²) < 4.78 is 20.8. The number of hydrogen-bond acceptors (Lipinski definition) is 18. The Morgan fingerprint density at radius 3 is 2.24 bits per heavy atom. The molecule has 2 aromatic carbocycles. The Hall–Kier alpha value is -8.12.